The van der Waals surface area contributed by atoms with Crippen LogP contribution in [0.25, 0.3) is 11.4 Å². The molecule has 7 heteroatoms. The largest absolute Gasteiger partial charge is 0.373 e. The molecule has 2 atom stereocenters. The van der Waals surface area contributed by atoms with Crippen LogP contribution in [0.15, 0.2) is 29.7 Å². The number of rotatable bonds is 5. The Kier molecular flexibility index (Phi) is 5.30. The lowest BCUT2D eigenvalue weighted by atomic mass is 10.2. The minimum atomic E-state index is 0.316. The van der Waals surface area contributed by atoms with Gasteiger partial charge in [-0.2, -0.15) is 0 Å². The number of hydrogen-bond acceptors (Lipinski definition) is 6. The van der Waals surface area contributed by atoms with Gasteiger partial charge in [-0.05, 0) is 26.0 Å². The average Bonchev–Trinajstić information content (AvgIpc) is 2.88. The first kappa shape index (κ1) is 16.4. The van der Waals surface area contributed by atoms with Gasteiger partial charge in [-0.25, -0.2) is 0 Å². The predicted molar refractivity (Wildman–Crippen MR) is 91.4 cm³/mol. The van der Waals surface area contributed by atoms with E-state index in [-0.39, 0.29) is 0 Å². The van der Waals surface area contributed by atoms with E-state index in [0.717, 1.165) is 41.9 Å². The highest BCUT2D eigenvalue weighted by Gasteiger charge is 2.21. The third-order valence-electron chi connectivity index (χ3n) is 3.89. The normalized spacial score (nSPS) is 22.4. The van der Waals surface area contributed by atoms with E-state index in [1.165, 1.54) is 0 Å². The molecular weight excluding hydrogens is 310 g/mol. The number of aromatic nitrogens is 4. The molecule has 0 bridgehead atoms. The summed E-state index contributed by atoms with van der Waals surface area (Å²) in [5.41, 5.74) is 0.991. The van der Waals surface area contributed by atoms with Crippen LogP contribution in [0.4, 0.5) is 0 Å². The lowest BCUT2D eigenvalue weighted by Crippen LogP contribution is -2.46. The summed E-state index contributed by atoms with van der Waals surface area (Å²) in [5.74, 6) is 1.85. The van der Waals surface area contributed by atoms with Crippen molar-refractivity contribution in [2.45, 2.75) is 31.2 Å². The standard InChI is InChI=1S/C16H23N5OS/c1-12-10-21(11-13(2)22-12)7-8-23-16-19-18-15(20(16)3)14-5-4-6-17-9-14/h4-6,9,12-13H,7-8,10-11H2,1-3H3/t12-,13-/m1/s1. The molecule has 2 aromatic rings. The molecule has 1 saturated heterocycles. The predicted octanol–water partition coefficient (Wildman–Crippen LogP) is 2.08. The monoisotopic (exact) mass is 333 g/mol. The highest BCUT2D eigenvalue weighted by Crippen LogP contribution is 2.22. The molecule has 3 heterocycles. The van der Waals surface area contributed by atoms with Crippen molar-refractivity contribution in [1.82, 2.24) is 24.6 Å². The molecule has 1 aliphatic rings. The summed E-state index contributed by atoms with van der Waals surface area (Å²) >= 11 is 1.75. The summed E-state index contributed by atoms with van der Waals surface area (Å²) in [7, 11) is 2.00. The Morgan fingerprint density at radius 2 is 2.04 bits per heavy atom. The van der Waals surface area contributed by atoms with Gasteiger partial charge in [-0.3, -0.25) is 9.88 Å². The van der Waals surface area contributed by atoms with Gasteiger partial charge in [0.25, 0.3) is 0 Å². The van der Waals surface area contributed by atoms with Crippen LogP contribution < -0.4 is 0 Å². The minimum Gasteiger partial charge on any atom is -0.373 e. The molecule has 0 amide bonds. The van der Waals surface area contributed by atoms with Crippen molar-refractivity contribution in [3.63, 3.8) is 0 Å². The van der Waals surface area contributed by atoms with Gasteiger partial charge < -0.3 is 9.30 Å². The fraction of sp³-hybridized carbons (Fsp3) is 0.562. The van der Waals surface area contributed by atoms with Crippen LogP contribution in [0.2, 0.25) is 0 Å². The molecule has 0 radical (unpaired) electrons. The molecule has 3 rings (SSSR count). The lowest BCUT2D eigenvalue weighted by molar-refractivity contribution is -0.0661. The summed E-state index contributed by atoms with van der Waals surface area (Å²) in [6, 6.07) is 3.92. The van der Waals surface area contributed by atoms with Gasteiger partial charge in [-0.1, -0.05) is 11.8 Å². The van der Waals surface area contributed by atoms with Crippen molar-refractivity contribution in [3.05, 3.63) is 24.5 Å². The number of nitrogens with zero attached hydrogens (tertiary/aromatic N) is 5. The zero-order valence-electron chi connectivity index (χ0n) is 13.8. The highest BCUT2D eigenvalue weighted by molar-refractivity contribution is 7.99. The van der Waals surface area contributed by atoms with Crippen molar-refractivity contribution in [2.75, 3.05) is 25.4 Å². The van der Waals surface area contributed by atoms with E-state index in [2.05, 4.69) is 33.9 Å². The lowest BCUT2D eigenvalue weighted by Gasteiger charge is -2.35. The Morgan fingerprint density at radius 3 is 2.74 bits per heavy atom. The van der Waals surface area contributed by atoms with Crippen molar-refractivity contribution in [3.8, 4) is 11.4 Å². The maximum absolute atomic E-state index is 5.77. The van der Waals surface area contributed by atoms with E-state index in [1.807, 2.05) is 29.9 Å². The van der Waals surface area contributed by atoms with Crippen molar-refractivity contribution >= 4 is 11.8 Å². The molecule has 0 aliphatic carbocycles. The Bertz CT molecular complexity index is 623. The van der Waals surface area contributed by atoms with E-state index < -0.39 is 0 Å². The number of pyridine rings is 1. The van der Waals surface area contributed by atoms with Gasteiger partial charge >= 0.3 is 0 Å². The van der Waals surface area contributed by atoms with Gasteiger partial charge in [0.05, 0.1) is 12.2 Å². The SMILES string of the molecule is C[C@@H]1CN(CCSc2nnc(-c3cccnc3)n2C)C[C@@H](C)O1. The quantitative estimate of drug-likeness (QED) is 0.781. The van der Waals surface area contributed by atoms with Crippen LogP contribution in [0.1, 0.15) is 13.8 Å². The molecule has 0 saturated carbocycles. The average molecular weight is 333 g/mol. The molecule has 1 aliphatic heterocycles. The van der Waals surface area contributed by atoms with E-state index in [4.69, 9.17) is 4.74 Å². The van der Waals surface area contributed by atoms with Gasteiger partial charge in [0.2, 0.25) is 0 Å². The van der Waals surface area contributed by atoms with E-state index in [9.17, 15) is 0 Å². The third-order valence-corrected chi connectivity index (χ3v) is 4.89. The zero-order valence-corrected chi connectivity index (χ0v) is 14.7. The molecule has 0 N–H and O–H groups in total. The summed E-state index contributed by atoms with van der Waals surface area (Å²) in [6.07, 6.45) is 4.21. The van der Waals surface area contributed by atoms with E-state index >= 15 is 0 Å². The van der Waals surface area contributed by atoms with Crippen LogP contribution in [-0.4, -0.2) is 62.2 Å². The number of hydrogen-bond donors (Lipinski definition) is 0. The second-order valence-electron chi connectivity index (χ2n) is 5.97. The van der Waals surface area contributed by atoms with Crippen molar-refractivity contribution in [1.29, 1.82) is 0 Å². The summed E-state index contributed by atoms with van der Waals surface area (Å²) in [4.78, 5) is 6.61. The van der Waals surface area contributed by atoms with Crippen molar-refractivity contribution in [2.24, 2.45) is 7.05 Å². The van der Waals surface area contributed by atoms with E-state index in [0.29, 0.717) is 12.2 Å². The Labute approximate surface area is 141 Å². The number of morpholine rings is 1. The Hall–Kier alpha value is -1.44. The van der Waals surface area contributed by atoms with Crippen LogP contribution in [-0.2, 0) is 11.8 Å². The Morgan fingerprint density at radius 1 is 1.26 bits per heavy atom. The third kappa shape index (κ3) is 4.10. The van der Waals surface area contributed by atoms with Crippen LogP contribution in [0.5, 0.6) is 0 Å². The fourth-order valence-corrected chi connectivity index (χ4v) is 3.83. The molecule has 2 aromatic heterocycles. The second kappa shape index (κ2) is 7.42. The fourth-order valence-electron chi connectivity index (χ4n) is 2.92. The van der Waals surface area contributed by atoms with Crippen LogP contribution >= 0.6 is 11.8 Å². The maximum atomic E-state index is 5.77. The topological polar surface area (TPSA) is 56.1 Å². The van der Waals surface area contributed by atoms with Gasteiger partial charge in [0.15, 0.2) is 11.0 Å². The molecule has 124 valence electrons. The van der Waals surface area contributed by atoms with Crippen molar-refractivity contribution < 1.29 is 4.74 Å². The summed E-state index contributed by atoms with van der Waals surface area (Å²) < 4.78 is 7.81. The highest BCUT2D eigenvalue weighted by atomic mass is 32.2. The Balaban J connectivity index is 1.56. The van der Waals surface area contributed by atoms with Crippen LogP contribution in [0, 0.1) is 0 Å². The first-order chi connectivity index (χ1) is 11.1. The molecule has 0 spiro atoms. The molecule has 1 fully saturated rings. The molecule has 6 nitrogen and oxygen atoms in total. The molecule has 23 heavy (non-hydrogen) atoms. The maximum Gasteiger partial charge on any atom is 0.191 e. The molecule has 0 unspecified atom stereocenters. The first-order valence-corrected chi connectivity index (χ1v) is 8.92. The van der Waals surface area contributed by atoms with Gasteiger partial charge in [0.1, 0.15) is 0 Å². The summed E-state index contributed by atoms with van der Waals surface area (Å²) in [6.45, 7) is 7.32. The van der Waals surface area contributed by atoms with Gasteiger partial charge in [0, 0.05) is 50.4 Å². The van der Waals surface area contributed by atoms with Crippen LogP contribution in [0.3, 0.4) is 0 Å². The van der Waals surface area contributed by atoms with E-state index in [1.54, 1.807) is 18.0 Å². The molecule has 0 aromatic carbocycles. The first-order valence-electron chi connectivity index (χ1n) is 7.94. The van der Waals surface area contributed by atoms with Gasteiger partial charge in [-0.15, -0.1) is 10.2 Å². The number of ether oxygens (including phenoxy) is 1. The summed E-state index contributed by atoms with van der Waals surface area (Å²) in [5, 5.41) is 9.55. The minimum absolute atomic E-state index is 0.316. The second-order valence-corrected chi connectivity index (χ2v) is 7.03. The smallest absolute Gasteiger partial charge is 0.191 e. The zero-order chi connectivity index (χ0) is 16.2. The number of thioether (sulfide) groups is 1. The molecular formula is C16H23N5OS.